The van der Waals surface area contributed by atoms with Crippen LogP contribution in [0.25, 0.3) is 0 Å². The van der Waals surface area contributed by atoms with Gasteiger partial charge in [0.2, 0.25) is 0 Å². The minimum Gasteiger partial charge on any atom is -0.489 e. The van der Waals surface area contributed by atoms with Gasteiger partial charge in [-0.3, -0.25) is 0 Å². The van der Waals surface area contributed by atoms with Gasteiger partial charge in [-0.1, -0.05) is 44.0 Å². The Morgan fingerprint density at radius 2 is 1.52 bits per heavy atom. The second-order valence-corrected chi connectivity index (χ2v) is 7.56. The number of hydrogen-bond acceptors (Lipinski definition) is 1. The highest BCUT2D eigenvalue weighted by molar-refractivity contribution is 5.30. The molecule has 27 heavy (non-hydrogen) atoms. The van der Waals surface area contributed by atoms with E-state index in [2.05, 4.69) is 31.2 Å². The van der Waals surface area contributed by atoms with Crippen LogP contribution >= 0.6 is 0 Å². The van der Waals surface area contributed by atoms with Crippen molar-refractivity contribution in [3.05, 3.63) is 65.2 Å². The normalized spacial score (nSPS) is 20.4. The molecule has 0 atom stereocenters. The Kier molecular flexibility index (Phi) is 6.46. The van der Waals surface area contributed by atoms with E-state index in [-0.39, 0.29) is 0 Å². The lowest BCUT2D eigenvalue weighted by atomic mass is 9.77. The van der Waals surface area contributed by atoms with Crippen molar-refractivity contribution in [2.75, 3.05) is 0 Å². The molecule has 1 aliphatic rings. The van der Waals surface area contributed by atoms with Gasteiger partial charge >= 0.3 is 6.18 Å². The Morgan fingerprint density at radius 3 is 2.07 bits per heavy atom. The number of halogens is 3. The Balaban J connectivity index is 1.51. The molecule has 2 aromatic rings. The van der Waals surface area contributed by atoms with E-state index >= 15 is 0 Å². The number of alkyl halides is 3. The lowest BCUT2D eigenvalue weighted by Crippen LogP contribution is -2.13. The average Bonchev–Trinajstić information content (AvgIpc) is 2.67. The third-order valence-corrected chi connectivity index (χ3v) is 5.58. The monoisotopic (exact) mass is 376 g/mol. The van der Waals surface area contributed by atoms with Gasteiger partial charge in [-0.15, -0.1) is 0 Å². The zero-order valence-electron chi connectivity index (χ0n) is 15.8. The first-order valence-electron chi connectivity index (χ1n) is 9.84. The number of benzene rings is 2. The highest BCUT2D eigenvalue weighted by atomic mass is 19.4. The second-order valence-electron chi connectivity index (χ2n) is 7.56. The van der Waals surface area contributed by atoms with Crippen LogP contribution in [0.5, 0.6) is 5.75 Å². The van der Waals surface area contributed by atoms with Crippen molar-refractivity contribution in [2.45, 2.75) is 64.1 Å². The van der Waals surface area contributed by atoms with Crippen LogP contribution in [0.15, 0.2) is 48.5 Å². The summed E-state index contributed by atoms with van der Waals surface area (Å²) >= 11 is 0. The summed E-state index contributed by atoms with van der Waals surface area (Å²) in [6.07, 6.45) is 3.52. The van der Waals surface area contributed by atoms with E-state index in [0.29, 0.717) is 18.3 Å². The number of ether oxygens (including phenoxy) is 1. The van der Waals surface area contributed by atoms with E-state index in [9.17, 15) is 13.2 Å². The first-order chi connectivity index (χ1) is 13.0. The van der Waals surface area contributed by atoms with Gasteiger partial charge in [0.1, 0.15) is 12.4 Å². The molecule has 0 amide bonds. The van der Waals surface area contributed by atoms with Crippen LogP contribution in [0.3, 0.4) is 0 Å². The van der Waals surface area contributed by atoms with E-state index in [1.807, 2.05) is 0 Å². The molecular formula is C23H27F3O. The van der Waals surface area contributed by atoms with Crippen molar-refractivity contribution < 1.29 is 17.9 Å². The summed E-state index contributed by atoms with van der Waals surface area (Å²) in [6, 6.07) is 13.3. The summed E-state index contributed by atoms with van der Waals surface area (Å²) < 4.78 is 43.4. The summed E-state index contributed by atoms with van der Waals surface area (Å²) in [7, 11) is 0. The van der Waals surface area contributed by atoms with Crippen LogP contribution in [-0.2, 0) is 12.8 Å². The summed E-state index contributed by atoms with van der Waals surface area (Å²) in [6.45, 7) is 2.62. The Labute approximate surface area is 159 Å². The first-order valence-corrected chi connectivity index (χ1v) is 9.84. The Morgan fingerprint density at radius 1 is 0.889 bits per heavy atom. The molecule has 146 valence electrons. The van der Waals surface area contributed by atoms with E-state index in [0.717, 1.165) is 23.6 Å². The lowest BCUT2D eigenvalue weighted by molar-refractivity contribution is -0.137. The Hall–Kier alpha value is -1.97. The predicted octanol–water partition coefficient (Wildman–Crippen LogP) is 7.36. The van der Waals surface area contributed by atoms with E-state index in [4.69, 9.17) is 4.74 Å². The zero-order chi connectivity index (χ0) is 19.3. The Bertz CT molecular complexity index is 696. The predicted molar refractivity (Wildman–Crippen MR) is 102 cm³/mol. The van der Waals surface area contributed by atoms with Gasteiger partial charge in [0.05, 0.1) is 5.56 Å². The van der Waals surface area contributed by atoms with Gasteiger partial charge in [-0.2, -0.15) is 13.2 Å². The number of rotatable bonds is 6. The van der Waals surface area contributed by atoms with Crippen LogP contribution in [0.2, 0.25) is 0 Å². The molecule has 1 aliphatic carbocycles. The van der Waals surface area contributed by atoms with Gasteiger partial charge in [-0.05, 0) is 72.9 Å². The highest BCUT2D eigenvalue weighted by Crippen LogP contribution is 2.37. The molecule has 0 radical (unpaired) electrons. The van der Waals surface area contributed by atoms with Crippen molar-refractivity contribution >= 4 is 0 Å². The van der Waals surface area contributed by atoms with Crippen LogP contribution in [0, 0.1) is 5.92 Å². The summed E-state index contributed by atoms with van der Waals surface area (Å²) in [4.78, 5) is 0. The summed E-state index contributed by atoms with van der Waals surface area (Å²) in [5.41, 5.74) is 1.76. The quantitative estimate of drug-likeness (QED) is 0.512. The molecule has 4 heteroatoms. The van der Waals surface area contributed by atoms with E-state index in [1.165, 1.54) is 56.2 Å². The third kappa shape index (κ3) is 5.50. The molecular weight excluding hydrogens is 349 g/mol. The minimum absolute atomic E-state index is 0.356. The van der Waals surface area contributed by atoms with Crippen molar-refractivity contribution in [2.24, 2.45) is 5.92 Å². The third-order valence-electron chi connectivity index (χ3n) is 5.58. The van der Waals surface area contributed by atoms with Crippen molar-refractivity contribution in [3.8, 4) is 5.75 Å². The summed E-state index contributed by atoms with van der Waals surface area (Å²) in [5.74, 6) is 2.01. The fourth-order valence-corrected chi connectivity index (χ4v) is 3.99. The topological polar surface area (TPSA) is 9.23 Å². The van der Waals surface area contributed by atoms with Crippen LogP contribution in [0.4, 0.5) is 13.2 Å². The SMILES string of the molecule is CCC[C@H]1CC[C@H](c2ccc(COc3ccc(C(F)(F)F)cc3)cc2)CC1. The summed E-state index contributed by atoms with van der Waals surface area (Å²) in [5, 5.41) is 0. The van der Waals surface area contributed by atoms with Gasteiger partial charge in [0.25, 0.3) is 0 Å². The first kappa shape index (κ1) is 19.8. The van der Waals surface area contributed by atoms with E-state index in [1.54, 1.807) is 0 Å². The highest BCUT2D eigenvalue weighted by Gasteiger charge is 2.30. The molecule has 0 bridgehead atoms. The number of hydrogen-bond donors (Lipinski definition) is 0. The van der Waals surface area contributed by atoms with Crippen LogP contribution < -0.4 is 4.74 Å². The molecule has 1 nitrogen and oxygen atoms in total. The molecule has 0 unspecified atom stereocenters. The minimum atomic E-state index is -4.32. The molecule has 2 aromatic carbocycles. The molecule has 0 aromatic heterocycles. The van der Waals surface area contributed by atoms with Crippen LogP contribution in [-0.4, -0.2) is 0 Å². The van der Waals surface area contributed by atoms with Gasteiger partial charge < -0.3 is 4.74 Å². The standard InChI is InChI=1S/C23H27F3O/c1-2-3-17-4-8-19(9-5-17)20-10-6-18(7-11-20)16-27-22-14-12-21(13-15-22)23(24,25)26/h6-7,10-15,17,19H,2-5,8-9,16H2,1H3/t17-,19-. The molecule has 1 saturated carbocycles. The molecule has 0 spiro atoms. The molecule has 0 aliphatic heterocycles. The molecule has 0 heterocycles. The fourth-order valence-electron chi connectivity index (χ4n) is 3.99. The maximum Gasteiger partial charge on any atom is 0.416 e. The van der Waals surface area contributed by atoms with Gasteiger partial charge in [-0.25, -0.2) is 0 Å². The van der Waals surface area contributed by atoms with Crippen molar-refractivity contribution in [1.82, 2.24) is 0 Å². The fraction of sp³-hybridized carbons (Fsp3) is 0.478. The average molecular weight is 376 g/mol. The second kappa shape index (κ2) is 8.81. The molecule has 0 N–H and O–H groups in total. The largest absolute Gasteiger partial charge is 0.489 e. The smallest absolute Gasteiger partial charge is 0.416 e. The molecule has 1 fully saturated rings. The molecule has 0 saturated heterocycles. The van der Waals surface area contributed by atoms with Crippen molar-refractivity contribution in [1.29, 1.82) is 0 Å². The molecule has 3 rings (SSSR count). The maximum atomic E-state index is 12.6. The van der Waals surface area contributed by atoms with Gasteiger partial charge in [0.15, 0.2) is 0 Å². The zero-order valence-corrected chi connectivity index (χ0v) is 15.8. The van der Waals surface area contributed by atoms with Crippen molar-refractivity contribution in [3.63, 3.8) is 0 Å². The maximum absolute atomic E-state index is 12.6. The van der Waals surface area contributed by atoms with Crippen LogP contribution in [0.1, 0.15) is 68.1 Å². The lowest BCUT2D eigenvalue weighted by Gasteiger charge is -2.28. The van der Waals surface area contributed by atoms with Gasteiger partial charge in [0, 0.05) is 0 Å². The van der Waals surface area contributed by atoms with E-state index < -0.39 is 11.7 Å².